The Morgan fingerprint density at radius 2 is 2.42 bits per heavy atom. The van der Waals surface area contributed by atoms with Crippen molar-refractivity contribution in [1.82, 2.24) is 0 Å². The molecule has 0 aromatic rings. The molecule has 0 aromatic heterocycles. The lowest BCUT2D eigenvalue weighted by molar-refractivity contribution is -0.144. The smallest absolute Gasteiger partial charge is 0.309 e. The van der Waals surface area contributed by atoms with Gasteiger partial charge >= 0.3 is 5.97 Å². The summed E-state index contributed by atoms with van der Waals surface area (Å²) in [6, 6.07) is 0. The average Bonchev–Trinajstić information content (AvgIpc) is 2.29. The summed E-state index contributed by atoms with van der Waals surface area (Å²) in [5.41, 5.74) is 0. The van der Waals surface area contributed by atoms with Gasteiger partial charge in [-0.05, 0) is 0 Å². The normalized spacial score (nSPS) is 34.8. The lowest BCUT2D eigenvalue weighted by Crippen LogP contribution is -2.18. The summed E-state index contributed by atoms with van der Waals surface area (Å²) in [6.07, 6.45) is 2.07. The lowest BCUT2D eigenvalue weighted by atomic mass is 9.91. The molecule has 0 saturated carbocycles. The molecule has 3 nitrogen and oxygen atoms in total. The summed E-state index contributed by atoms with van der Waals surface area (Å²) in [7, 11) is 0. The molecule has 1 aliphatic rings. The van der Waals surface area contributed by atoms with Crippen LogP contribution in [-0.4, -0.2) is 23.8 Å². The summed E-state index contributed by atoms with van der Waals surface area (Å²) in [5, 5.41) is 8.69. The number of esters is 1. The van der Waals surface area contributed by atoms with Gasteiger partial charge in [0.25, 0.3) is 0 Å². The van der Waals surface area contributed by atoms with Gasteiger partial charge in [0.15, 0.2) is 0 Å². The molecule has 1 fully saturated rings. The minimum atomic E-state index is -0.182. The summed E-state index contributed by atoms with van der Waals surface area (Å²) >= 11 is 0. The number of aliphatic hydroxyl groups excluding tert-OH is 1. The van der Waals surface area contributed by atoms with E-state index >= 15 is 0 Å². The van der Waals surface area contributed by atoms with Crippen LogP contribution < -0.4 is 0 Å². The van der Waals surface area contributed by atoms with E-state index in [1.165, 1.54) is 0 Å². The van der Waals surface area contributed by atoms with Crippen molar-refractivity contribution in [3.8, 4) is 0 Å². The monoisotopic (exact) mass is 170 g/mol. The first-order valence-electron chi connectivity index (χ1n) is 4.14. The van der Waals surface area contributed by atoms with Crippen molar-refractivity contribution >= 4 is 5.97 Å². The first-order valence-corrected chi connectivity index (χ1v) is 4.14. The van der Waals surface area contributed by atoms with Crippen LogP contribution in [0.4, 0.5) is 0 Å². The van der Waals surface area contributed by atoms with Crippen LogP contribution >= 0.6 is 0 Å². The minimum Gasteiger partial charge on any atom is -0.461 e. The van der Waals surface area contributed by atoms with E-state index in [0.29, 0.717) is 6.42 Å². The molecule has 68 valence electrons. The van der Waals surface area contributed by atoms with E-state index in [1.807, 2.05) is 6.92 Å². The predicted octanol–water partition coefficient (Wildman–Crippen LogP) is 0.732. The van der Waals surface area contributed by atoms with Crippen molar-refractivity contribution in [3.05, 3.63) is 12.7 Å². The highest BCUT2D eigenvalue weighted by atomic mass is 16.6. The molecule has 3 heteroatoms. The summed E-state index contributed by atoms with van der Waals surface area (Å²) in [4.78, 5) is 11.1. The highest BCUT2D eigenvalue weighted by Crippen LogP contribution is 2.30. The maximum atomic E-state index is 11.1. The van der Waals surface area contributed by atoms with E-state index in [0.717, 1.165) is 0 Å². The van der Waals surface area contributed by atoms with Crippen LogP contribution in [0.1, 0.15) is 13.3 Å². The molecule has 1 aliphatic heterocycles. The van der Waals surface area contributed by atoms with Crippen LogP contribution in [0.3, 0.4) is 0 Å². The third kappa shape index (κ3) is 1.50. The quantitative estimate of drug-likeness (QED) is 0.501. The molecule has 0 aliphatic carbocycles. The van der Waals surface area contributed by atoms with Crippen molar-refractivity contribution in [1.29, 1.82) is 0 Å². The molecule has 3 atom stereocenters. The largest absolute Gasteiger partial charge is 0.461 e. The highest BCUT2D eigenvalue weighted by Gasteiger charge is 2.39. The van der Waals surface area contributed by atoms with Gasteiger partial charge < -0.3 is 9.84 Å². The summed E-state index contributed by atoms with van der Waals surface area (Å²) in [6.45, 7) is 5.52. The molecular formula is C9H14O3. The van der Waals surface area contributed by atoms with Gasteiger partial charge in [0, 0.05) is 18.9 Å². The van der Waals surface area contributed by atoms with Crippen LogP contribution in [0.25, 0.3) is 0 Å². The summed E-state index contributed by atoms with van der Waals surface area (Å²) in [5.74, 6) is -0.234. The first-order chi connectivity index (χ1) is 5.70. The molecule has 0 bridgehead atoms. The van der Waals surface area contributed by atoms with E-state index in [4.69, 9.17) is 9.84 Å². The third-order valence-electron chi connectivity index (χ3n) is 2.33. The van der Waals surface area contributed by atoms with Crippen molar-refractivity contribution in [3.63, 3.8) is 0 Å². The van der Waals surface area contributed by atoms with Crippen LogP contribution in [0, 0.1) is 11.8 Å². The average molecular weight is 170 g/mol. The Bertz CT molecular complexity index is 188. The Morgan fingerprint density at radius 1 is 1.75 bits per heavy atom. The number of aliphatic hydroxyl groups is 1. The lowest BCUT2D eigenvalue weighted by Gasteiger charge is -2.13. The van der Waals surface area contributed by atoms with Gasteiger partial charge in [0.05, 0.1) is 5.92 Å². The molecule has 0 radical (unpaired) electrons. The zero-order valence-corrected chi connectivity index (χ0v) is 7.19. The van der Waals surface area contributed by atoms with Gasteiger partial charge in [-0.3, -0.25) is 4.79 Å². The zero-order chi connectivity index (χ0) is 9.14. The predicted molar refractivity (Wildman–Crippen MR) is 44.4 cm³/mol. The fourth-order valence-corrected chi connectivity index (χ4v) is 1.55. The standard InChI is InChI=1S/C9H14O3/c1-3-7-6(2)9(11)12-8(7)4-5-10/h3,6-8,10H,1,4-5H2,2H3/t6-,7+,8+/m0/s1. The molecule has 1 saturated heterocycles. The fraction of sp³-hybridized carbons (Fsp3) is 0.667. The Balaban J connectivity index is 2.64. The van der Waals surface area contributed by atoms with Crippen LogP contribution in [-0.2, 0) is 9.53 Å². The maximum absolute atomic E-state index is 11.1. The number of carbonyl (C=O) groups excluding carboxylic acids is 1. The van der Waals surface area contributed by atoms with Crippen LogP contribution in [0.15, 0.2) is 12.7 Å². The van der Waals surface area contributed by atoms with Crippen molar-refractivity contribution in [2.75, 3.05) is 6.61 Å². The molecular weight excluding hydrogens is 156 g/mol. The molecule has 1 N–H and O–H groups in total. The van der Waals surface area contributed by atoms with Gasteiger partial charge in [-0.25, -0.2) is 0 Å². The van der Waals surface area contributed by atoms with Crippen LogP contribution in [0.2, 0.25) is 0 Å². The molecule has 0 unspecified atom stereocenters. The Kier molecular flexibility index (Phi) is 2.87. The first kappa shape index (κ1) is 9.26. The number of rotatable bonds is 3. The number of ether oxygens (including phenoxy) is 1. The Morgan fingerprint density at radius 3 is 2.92 bits per heavy atom. The van der Waals surface area contributed by atoms with Gasteiger partial charge in [-0.2, -0.15) is 0 Å². The number of cyclic esters (lactones) is 1. The third-order valence-corrected chi connectivity index (χ3v) is 2.33. The van der Waals surface area contributed by atoms with Crippen molar-refractivity contribution < 1.29 is 14.6 Å². The molecule has 12 heavy (non-hydrogen) atoms. The van der Waals surface area contributed by atoms with Gasteiger partial charge in [0.1, 0.15) is 6.10 Å². The molecule has 0 spiro atoms. The molecule has 0 aromatic carbocycles. The van der Waals surface area contributed by atoms with Gasteiger partial charge in [-0.15, -0.1) is 6.58 Å². The van der Waals surface area contributed by atoms with E-state index in [-0.39, 0.29) is 30.5 Å². The Hall–Kier alpha value is -0.830. The van der Waals surface area contributed by atoms with E-state index in [2.05, 4.69) is 6.58 Å². The van der Waals surface area contributed by atoms with Gasteiger partial charge in [-0.1, -0.05) is 13.0 Å². The second-order valence-electron chi connectivity index (χ2n) is 3.09. The molecule has 1 rings (SSSR count). The second kappa shape index (κ2) is 3.72. The number of hydrogen-bond donors (Lipinski definition) is 1. The van der Waals surface area contributed by atoms with Crippen LogP contribution in [0.5, 0.6) is 0 Å². The minimum absolute atomic E-state index is 0.0506. The second-order valence-corrected chi connectivity index (χ2v) is 3.09. The van der Waals surface area contributed by atoms with E-state index in [1.54, 1.807) is 6.08 Å². The zero-order valence-electron chi connectivity index (χ0n) is 7.19. The molecule has 0 amide bonds. The molecule has 1 heterocycles. The maximum Gasteiger partial charge on any atom is 0.309 e. The number of carbonyl (C=O) groups is 1. The fourth-order valence-electron chi connectivity index (χ4n) is 1.55. The van der Waals surface area contributed by atoms with E-state index < -0.39 is 0 Å². The SMILES string of the molecule is C=C[C@@H]1[C@H](C)C(=O)O[C@@H]1CCO. The van der Waals surface area contributed by atoms with E-state index in [9.17, 15) is 4.79 Å². The highest BCUT2D eigenvalue weighted by molar-refractivity contribution is 5.75. The summed E-state index contributed by atoms with van der Waals surface area (Å²) < 4.78 is 5.05. The number of hydrogen-bond acceptors (Lipinski definition) is 3. The van der Waals surface area contributed by atoms with Crippen molar-refractivity contribution in [2.45, 2.75) is 19.4 Å². The van der Waals surface area contributed by atoms with Gasteiger partial charge in [0.2, 0.25) is 0 Å². The topological polar surface area (TPSA) is 46.5 Å². The van der Waals surface area contributed by atoms with Crippen molar-refractivity contribution in [2.24, 2.45) is 11.8 Å². The Labute approximate surface area is 72.0 Å².